The van der Waals surface area contributed by atoms with E-state index >= 15 is 0 Å². The number of esters is 2. The van der Waals surface area contributed by atoms with Crippen molar-refractivity contribution in [1.29, 1.82) is 0 Å². The monoisotopic (exact) mass is 713 g/mol. The molecule has 0 bridgehead atoms. The molecule has 0 aliphatic carbocycles. The highest BCUT2D eigenvalue weighted by molar-refractivity contribution is 5.96. The van der Waals surface area contributed by atoms with Crippen LogP contribution in [0.4, 0.5) is 0 Å². The van der Waals surface area contributed by atoms with Gasteiger partial charge in [-0.3, -0.25) is 4.79 Å². The van der Waals surface area contributed by atoms with E-state index in [-0.39, 0.29) is 42.7 Å². The van der Waals surface area contributed by atoms with Crippen LogP contribution in [0.1, 0.15) is 78.8 Å². The predicted molar refractivity (Wildman–Crippen MR) is 185 cm³/mol. The molecule has 2 heterocycles. The molecular weight excluding hydrogens is 662 g/mol. The minimum atomic E-state index is -1.55. The fraction of sp³-hybridized carbons (Fsp3) is 0.553. The molecule has 9 unspecified atom stereocenters. The van der Waals surface area contributed by atoms with Gasteiger partial charge in [-0.2, -0.15) is 0 Å². The molecule has 0 saturated carbocycles. The summed E-state index contributed by atoms with van der Waals surface area (Å²) in [5.41, 5.74) is 1.04. The third-order valence-electron chi connectivity index (χ3n) is 10.2. The van der Waals surface area contributed by atoms with E-state index < -0.39 is 78.1 Å². The molecule has 0 spiro atoms. The predicted octanol–water partition coefficient (Wildman–Crippen LogP) is 3.71. The molecule has 2 aromatic rings. The number of phenols is 2. The van der Waals surface area contributed by atoms with Crippen molar-refractivity contribution in [3.63, 3.8) is 0 Å². The number of carbonyl (C=O) groups is 3. The van der Waals surface area contributed by atoms with Gasteiger partial charge in [-0.1, -0.05) is 44.5 Å². The SMILES string of the molecule is C=C(C)CC(OC)C(O)C(=O)NC(OC)C1CC(OC(=O)c2ccccc2)C(C)(C)C(CC(O)C(C)C2Cc3c(C)c(O)cc(O)c3C(=O)O2)O1. The molecule has 4 rings (SSSR count). The molecule has 2 aromatic carbocycles. The number of ether oxygens (including phenoxy) is 5. The van der Waals surface area contributed by atoms with Crippen LogP contribution in [-0.4, -0.2) is 101 Å². The lowest BCUT2D eigenvalue weighted by molar-refractivity contribution is -0.217. The average Bonchev–Trinajstić information content (AvgIpc) is 3.09. The number of benzene rings is 2. The molecule has 13 nitrogen and oxygen atoms in total. The fourth-order valence-corrected chi connectivity index (χ4v) is 6.76. The average molecular weight is 714 g/mol. The van der Waals surface area contributed by atoms with Crippen molar-refractivity contribution in [3.8, 4) is 11.5 Å². The van der Waals surface area contributed by atoms with Gasteiger partial charge < -0.3 is 49.4 Å². The van der Waals surface area contributed by atoms with E-state index in [0.717, 1.165) is 6.07 Å². The molecule has 0 aromatic heterocycles. The van der Waals surface area contributed by atoms with Crippen LogP contribution in [0.2, 0.25) is 0 Å². The summed E-state index contributed by atoms with van der Waals surface area (Å²) in [5, 5.41) is 45.7. The van der Waals surface area contributed by atoms with Crippen LogP contribution in [-0.2, 0) is 34.9 Å². The molecule has 9 atom stereocenters. The first-order chi connectivity index (χ1) is 24.0. The van der Waals surface area contributed by atoms with Crippen LogP contribution in [0.3, 0.4) is 0 Å². The summed E-state index contributed by atoms with van der Waals surface area (Å²) in [6.45, 7) is 12.7. The van der Waals surface area contributed by atoms with Gasteiger partial charge in [-0.05, 0) is 43.5 Å². The number of carbonyl (C=O) groups excluding carboxylic acids is 3. The lowest BCUT2D eigenvalue weighted by Crippen LogP contribution is -2.60. The first-order valence-electron chi connectivity index (χ1n) is 17.0. The molecular formula is C38H51NO12. The molecule has 5 N–H and O–H groups in total. The van der Waals surface area contributed by atoms with Gasteiger partial charge in [0.2, 0.25) is 0 Å². The Hall–Kier alpha value is -4.01. The summed E-state index contributed by atoms with van der Waals surface area (Å²) in [4.78, 5) is 39.5. The minimum absolute atomic E-state index is 0.00655. The Bertz CT molecular complexity index is 1580. The number of phenolic OH excluding ortho intramolecular Hbond substituents is 2. The van der Waals surface area contributed by atoms with Gasteiger partial charge in [-0.15, -0.1) is 6.58 Å². The van der Waals surface area contributed by atoms with E-state index in [1.165, 1.54) is 14.2 Å². The maximum atomic E-state index is 13.3. The normalized spacial score (nSPS) is 24.2. The Morgan fingerprint density at radius 3 is 2.35 bits per heavy atom. The Labute approximate surface area is 298 Å². The second-order valence-corrected chi connectivity index (χ2v) is 14.2. The van der Waals surface area contributed by atoms with Gasteiger partial charge in [-0.25, -0.2) is 9.59 Å². The third-order valence-corrected chi connectivity index (χ3v) is 10.2. The topological polar surface area (TPSA) is 190 Å². The molecule has 1 saturated heterocycles. The largest absolute Gasteiger partial charge is 0.508 e. The second kappa shape index (κ2) is 16.6. The van der Waals surface area contributed by atoms with Crippen LogP contribution in [0.25, 0.3) is 0 Å². The fourth-order valence-electron chi connectivity index (χ4n) is 6.76. The van der Waals surface area contributed by atoms with E-state index in [4.69, 9.17) is 23.7 Å². The number of aliphatic hydroxyl groups excluding tert-OH is 2. The molecule has 1 fully saturated rings. The van der Waals surface area contributed by atoms with Gasteiger partial charge in [0, 0.05) is 50.9 Å². The van der Waals surface area contributed by atoms with Crippen molar-refractivity contribution in [2.75, 3.05) is 14.2 Å². The van der Waals surface area contributed by atoms with Gasteiger partial charge in [0.1, 0.15) is 35.4 Å². The smallest absolute Gasteiger partial charge is 0.342 e. The number of aromatic hydroxyl groups is 2. The number of hydrogen-bond acceptors (Lipinski definition) is 12. The summed E-state index contributed by atoms with van der Waals surface area (Å²) in [5.74, 6) is -3.27. The van der Waals surface area contributed by atoms with Gasteiger partial charge >= 0.3 is 11.9 Å². The molecule has 0 radical (unpaired) electrons. The zero-order chi connectivity index (χ0) is 37.8. The van der Waals surface area contributed by atoms with E-state index in [0.29, 0.717) is 22.3 Å². The van der Waals surface area contributed by atoms with Crippen LogP contribution >= 0.6 is 0 Å². The number of amides is 1. The van der Waals surface area contributed by atoms with Crippen LogP contribution in [0, 0.1) is 18.3 Å². The second-order valence-electron chi connectivity index (χ2n) is 14.2. The van der Waals surface area contributed by atoms with E-state index in [9.17, 15) is 34.8 Å². The van der Waals surface area contributed by atoms with E-state index in [1.807, 2.05) is 13.8 Å². The summed E-state index contributed by atoms with van der Waals surface area (Å²) < 4.78 is 29.3. The number of nitrogens with one attached hydrogen (secondary N) is 1. The van der Waals surface area contributed by atoms with E-state index in [1.54, 1.807) is 51.1 Å². The zero-order valence-corrected chi connectivity index (χ0v) is 30.3. The Balaban J connectivity index is 1.58. The lowest BCUT2D eigenvalue weighted by Gasteiger charge is -2.49. The number of methoxy groups -OCH3 is 2. The highest BCUT2D eigenvalue weighted by Gasteiger charge is 2.51. The quantitative estimate of drug-likeness (QED) is 0.109. The molecule has 2 aliphatic rings. The number of fused-ring (bicyclic) bond motifs is 1. The Morgan fingerprint density at radius 1 is 1.08 bits per heavy atom. The summed E-state index contributed by atoms with van der Waals surface area (Å²) in [7, 11) is 2.75. The van der Waals surface area contributed by atoms with Crippen molar-refractivity contribution in [3.05, 3.63) is 70.8 Å². The molecule has 51 heavy (non-hydrogen) atoms. The van der Waals surface area contributed by atoms with Crippen LogP contribution in [0.5, 0.6) is 11.5 Å². The minimum Gasteiger partial charge on any atom is -0.508 e. The van der Waals surface area contributed by atoms with Crippen LogP contribution < -0.4 is 5.32 Å². The zero-order valence-electron chi connectivity index (χ0n) is 30.3. The van der Waals surface area contributed by atoms with Crippen molar-refractivity contribution in [2.45, 2.75) is 109 Å². The maximum absolute atomic E-state index is 13.3. The number of cyclic esters (lactones) is 1. The third kappa shape index (κ3) is 8.90. The standard InChI is InChI=1S/C38H51NO12/c1-19(2)14-28(47-7)33(43)34(44)39-35(48-8)29-18-31(51-36(45)22-12-10-9-11-13-22)38(5,6)30(49-29)17-25(41)21(4)27-15-23-20(3)24(40)16-26(42)32(23)37(46)50-27/h9-13,16,21,25,27-31,33,35,40-43H,1,14-15,17-18H2,2-8H3,(H,39,44). The van der Waals surface area contributed by atoms with Gasteiger partial charge in [0.25, 0.3) is 5.91 Å². The van der Waals surface area contributed by atoms with Crippen molar-refractivity contribution < 1.29 is 58.5 Å². The van der Waals surface area contributed by atoms with E-state index in [2.05, 4.69) is 11.9 Å². The first kappa shape index (κ1) is 39.8. The summed E-state index contributed by atoms with van der Waals surface area (Å²) in [6, 6.07) is 9.59. The molecule has 1 amide bonds. The molecule has 13 heteroatoms. The van der Waals surface area contributed by atoms with Crippen molar-refractivity contribution >= 4 is 17.8 Å². The summed E-state index contributed by atoms with van der Waals surface area (Å²) in [6.07, 6.45) is -7.35. The number of aliphatic hydroxyl groups is 2. The highest BCUT2D eigenvalue weighted by atomic mass is 16.6. The van der Waals surface area contributed by atoms with Crippen molar-refractivity contribution in [1.82, 2.24) is 5.32 Å². The summed E-state index contributed by atoms with van der Waals surface area (Å²) >= 11 is 0. The van der Waals surface area contributed by atoms with Crippen LogP contribution in [0.15, 0.2) is 48.6 Å². The van der Waals surface area contributed by atoms with Gasteiger partial charge in [0.15, 0.2) is 12.3 Å². The molecule has 2 aliphatic heterocycles. The number of hydrogen-bond donors (Lipinski definition) is 5. The molecule has 280 valence electrons. The highest BCUT2D eigenvalue weighted by Crippen LogP contribution is 2.43. The number of rotatable bonds is 14. The van der Waals surface area contributed by atoms with Crippen molar-refractivity contribution in [2.24, 2.45) is 11.3 Å². The first-order valence-corrected chi connectivity index (χ1v) is 17.0. The van der Waals surface area contributed by atoms with Gasteiger partial charge in [0.05, 0.1) is 23.9 Å². The lowest BCUT2D eigenvalue weighted by atomic mass is 9.72. The Morgan fingerprint density at radius 2 is 1.75 bits per heavy atom. The maximum Gasteiger partial charge on any atom is 0.342 e. The Kier molecular flexibility index (Phi) is 12.9.